The van der Waals surface area contributed by atoms with E-state index in [1.807, 2.05) is 32.9 Å². The van der Waals surface area contributed by atoms with Gasteiger partial charge in [0, 0.05) is 10.0 Å². The van der Waals surface area contributed by atoms with Gasteiger partial charge in [0.25, 0.3) is 5.91 Å². The number of amides is 1. The Morgan fingerprint density at radius 2 is 2.11 bits per heavy atom. The summed E-state index contributed by atoms with van der Waals surface area (Å²) in [7, 11) is 0. The molecule has 1 aromatic rings. The Labute approximate surface area is 121 Å². The summed E-state index contributed by atoms with van der Waals surface area (Å²) in [5.74, 6) is -0.229. The van der Waals surface area contributed by atoms with Gasteiger partial charge in [-0.05, 0) is 30.5 Å². The minimum atomic E-state index is -0.504. The van der Waals surface area contributed by atoms with Gasteiger partial charge in [0.05, 0.1) is 6.04 Å². The van der Waals surface area contributed by atoms with E-state index in [0.29, 0.717) is 5.56 Å². The number of halogens is 1. The molecular weight excluding hydrogens is 310 g/mol. The Kier molecular flexibility index (Phi) is 5.35. The van der Waals surface area contributed by atoms with Crippen molar-refractivity contribution in [3.05, 3.63) is 33.8 Å². The lowest BCUT2D eigenvalue weighted by Gasteiger charge is -2.21. The number of nitrogens with two attached hydrogens (primary N) is 1. The molecule has 1 atom stereocenters. The molecule has 1 aromatic carbocycles. The average molecular weight is 328 g/mol. The molecular formula is C13H18BrN3O2. The molecule has 6 heteroatoms. The van der Waals surface area contributed by atoms with E-state index >= 15 is 0 Å². The maximum absolute atomic E-state index is 12.2. The Morgan fingerprint density at radius 1 is 1.47 bits per heavy atom. The predicted molar refractivity (Wildman–Crippen MR) is 78.4 cm³/mol. The molecule has 5 nitrogen and oxygen atoms in total. The van der Waals surface area contributed by atoms with E-state index in [9.17, 15) is 4.79 Å². The van der Waals surface area contributed by atoms with E-state index in [1.54, 1.807) is 6.07 Å². The molecule has 1 unspecified atom stereocenters. The molecule has 4 N–H and O–H groups in total. The van der Waals surface area contributed by atoms with Crippen molar-refractivity contribution in [2.45, 2.75) is 26.8 Å². The van der Waals surface area contributed by atoms with Crippen LogP contribution in [0.25, 0.3) is 0 Å². The number of rotatable bonds is 4. The van der Waals surface area contributed by atoms with Gasteiger partial charge in [-0.2, -0.15) is 0 Å². The van der Waals surface area contributed by atoms with Crippen molar-refractivity contribution in [3.8, 4) is 0 Å². The largest absolute Gasteiger partial charge is 0.409 e. The van der Waals surface area contributed by atoms with Crippen LogP contribution in [-0.2, 0) is 0 Å². The summed E-state index contributed by atoms with van der Waals surface area (Å²) < 4.78 is 0.827. The minimum absolute atomic E-state index is 0.00370. The van der Waals surface area contributed by atoms with Gasteiger partial charge in [0.2, 0.25) is 0 Å². The van der Waals surface area contributed by atoms with Crippen LogP contribution < -0.4 is 11.1 Å². The Balaban J connectivity index is 2.97. The zero-order valence-electron chi connectivity index (χ0n) is 11.1. The normalized spacial score (nSPS) is 13.4. The fraction of sp³-hybridized carbons (Fsp3) is 0.385. The highest BCUT2D eigenvalue weighted by atomic mass is 79.9. The third-order valence-corrected chi connectivity index (χ3v) is 3.32. The SMILES string of the molecule is Cc1ccc(Br)cc1C(=O)NC(C(N)=NO)C(C)C. The zero-order chi connectivity index (χ0) is 14.6. The molecule has 0 radical (unpaired) electrons. The highest BCUT2D eigenvalue weighted by molar-refractivity contribution is 9.10. The molecule has 0 spiro atoms. The Hall–Kier alpha value is -1.56. The minimum Gasteiger partial charge on any atom is -0.409 e. The molecule has 0 saturated carbocycles. The zero-order valence-corrected chi connectivity index (χ0v) is 12.7. The maximum atomic E-state index is 12.2. The van der Waals surface area contributed by atoms with Gasteiger partial charge < -0.3 is 16.3 Å². The molecule has 0 saturated heterocycles. The van der Waals surface area contributed by atoms with Crippen molar-refractivity contribution in [2.75, 3.05) is 0 Å². The summed E-state index contributed by atoms with van der Waals surface area (Å²) in [6.07, 6.45) is 0. The summed E-state index contributed by atoms with van der Waals surface area (Å²) in [5.41, 5.74) is 7.01. The molecule has 0 heterocycles. The number of carbonyl (C=O) groups excluding carboxylic acids is 1. The van der Waals surface area contributed by atoms with Crippen molar-refractivity contribution in [2.24, 2.45) is 16.8 Å². The van der Waals surface area contributed by atoms with Crippen LogP contribution >= 0.6 is 15.9 Å². The topological polar surface area (TPSA) is 87.7 Å². The van der Waals surface area contributed by atoms with Crippen LogP contribution in [0.15, 0.2) is 27.8 Å². The summed E-state index contributed by atoms with van der Waals surface area (Å²) in [6.45, 7) is 5.63. The molecule has 0 aliphatic rings. The number of oxime groups is 1. The highest BCUT2D eigenvalue weighted by Gasteiger charge is 2.22. The van der Waals surface area contributed by atoms with Gasteiger partial charge in [-0.15, -0.1) is 0 Å². The molecule has 1 amide bonds. The maximum Gasteiger partial charge on any atom is 0.252 e. The second kappa shape index (κ2) is 6.56. The Morgan fingerprint density at radius 3 is 2.63 bits per heavy atom. The summed E-state index contributed by atoms with van der Waals surface area (Å²) in [6, 6.07) is 4.97. The van der Waals surface area contributed by atoms with Gasteiger partial charge in [-0.1, -0.05) is 41.0 Å². The number of hydrogen-bond acceptors (Lipinski definition) is 3. The van der Waals surface area contributed by atoms with Gasteiger partial charge >= 0.3 is 0 Å². The van der Waals surface area contributed by atoms with Crippen LogP contribution in [0.5, 0.6) is 0 Å². The van der Waals surface area contributed by atoms with Gasteiger partial charge in [-0.25, -0.2) is 0 Å². The van der Waals surface area contributed by atoms with Crippen LogP contribution in [-0.4, -0.2) is 23.0 Å². The van der Waals surface area contributed by atoms with E-state index in [4.69, 9.17) is 10.9 Å². The van der Waals surface area contributed by atoms with E-state index in [0.717, 1.165) is 10.0 Å². The first kappa shape index (κ1) is 15.5. The van der Waals surface area contributed by atoms with E-state index < -0.39 is 6.04 Å². The first-order chi connectivity index (χ1) is 8.86. The van der Waals surface area contributed by atoms with Crippen molar-refractivity contribution in [1.29, 1.82) is 0 Å². The molecule has 0 aliphatic carbocycles. The number of benzene rings is 1. The van der Waals surface area contributed by atoms with Crippen LogP contribution in [0.3, 0.4) is 0 Å². The van der Waals surface area contributed by atoms with Crippen LogP contribution in [0.1, 0.15) is 29.8 Å². The average Bonchev–Trinajstić information content (AvgIpc) is 2.37. The lowest BCUT2D eigenvalue weighted by molar-refractivity contribution is 0.0938. The van der Waals surface area contributed by atoms with Crippen molar-refractivity contribution in [3.63, 3.8) is 0 Å². The standard InChI is InChI=1S/C13H18BrN3O2/c1-7(2)11(12(15)17-19)16-13(18)10-6-9(14)5-4-8(10)3/h4-7,11,19H,1-3H3,(H2,15,17)(H,16,18). The van der Waals surface area contributed by atoms with E-state index in [2.05, 4.69) is 26.4 Å². The van der Waals surface area contributed by atoms with E-state index in [1.165, 1.54) is 0 Å². The first-order valence-electron chi connectivity index (χ1n) is 5.91. The molecule has 19 heavy (non-hydrogen) atoms. The molecule has 0 fully saturated rings. The number of amidine groups is 1. The number of carbonyl (C=O) groups is 1. The quantitative estimate of drug-likeness (QED) is 0.343. The van der Waals surface area contributed by atoms with Crippen molar-refractivity contribution in [1.82, 2.24) is 5.32 Å². The van der Waals surface area contributed by atoms with Crippen LogP contribution in [0, 0.1) is 12.8 Å². The van der Waals surface area contributed by atoms with Gasteiger partial charge in [0.15, 0.2) is 5.84 Å². The lowest BCUT2D eigenvalue weighted by Crippen LogP contribution is -2.48. The molecule has 0 aromatic heterocycles. The number of aryl methyl sites for hydroxylation is 1. The van der Waals surface area contributed by atoms with Crippen LogP contribution in [0.4, 0.5) is 0 Å². The van der Waals surface area contributed by atoms with Crippen molar-refractivity contribution >= 4 is 27.7 Å². The Bertz CT molecular complexity index is 501. The third-order valence-electron chi connectivity index (χ3n) is 2.83. The number of nitrogens with one attached hydrogen (secondary N) is 1. The third kappa shape index (κ3) is 3.96. The summed E-state index contributed by atoms with van der Waals surface area (Å²) in [4.78, 5) is 12.2. The smallest absolute Gasteiger partial charge is 0.252 e. The first-order valence-corrected chi connectivity index (χ1v) is 6.70. The lowest BCUT2D eigenvalue weighted by atomic mass is 10.0. The fourth-order valence-corrected chi connectivity index (χ4v) is 2.06. The highest BCUT2D eigenvalue weighted by Crippen LogP contribution is 2.16. The second-order valence-corrected chi connectivity index (χ2v) is 5.59. The molecule has 0 bridgehead atoms. The van der Waals surface area contributed by atoms with Crippen LogP contribution in [0.2, 0.25) is 0 Å². The summed E-state index contributed by atoms with van der Waals surface area (Å²) >= 11 is 3.33. The molecule has 104 valence electrons. The fourth-order valence-electron chi connectivity index (χ4n) is 1.70. The number of hydrogen-bond donors (Lipinski definition) is 3. The van der Waals surface area contributed by atoms with Crippen molar-refractivity contribution < 1.29 is 10.0 Å². The molecule has 0 aliphatic heterocycles. The molecule has 1 rings (SSSR count). The predicted octanol–water partition coefficient (Wildman–Crippen LogP) is 2.26. The van der Waals surface area contributed by atoms with E-state index in [-0.39, 0.29) is 17.7 Å². The second-order valence-electron chi connectivity index (χ2n) is 4.68. The monoisotopic (exact) mass is 327 g/mol. The number of nitrogens with zero attached hydrogens (tertiary/aromatic N) is 1. The summed E-state index contributed by atoms with van der Waals surface area (Å²) in [5, 5.41) is 14.5. The van der Waals surface area contributed by atoms with Gasteiger partial charge in [0.1, 0.15) is 0 Å². The van der Waals surface area contributed by atoms with Gasteiger partial charge in [-0.3, -0.25) is 4.79 Å².